The highest BCUT2D eigenvalue weighted by atomic mass is 16.1. The fourth-order valence-electron chi connectivity index (χ4n) is 3.35. The second-order valence-electron chi connectivity index (χ2n) is 6.68. The molecule has 0 fully saturated rings. The summed E-state index contributed by atoms with van der Waals surface area (Å²) in [6.07, 6.45) is 0. The molecule has 0 atom stereocenters. The lowest BCUT2D eigenvalue weighted by Crippen LogP contribution is -2.12. The molecule has 5 heteroatoms. The van der Waals surface area contributed by atoms with Gasteiger partial charge in [-0.3, -0.25) is 4.79 Å². The van der Waals surface area contributed by atoms with E-state index in [1.54, 1.807) is 6.07 Å². The molecule has 1 amide bonds. The van der Waals surface area contributed by atoms with Crippen LogP contribution in [0, 0.1) is 13.8 Å². The fourth-order valence-corrected chi connectivity index (χ4v) is 3.35. The number of carbonyl (C=O) groups is 1. The standard InChI is InChI=1S/C22H20N4O/c1-12-13(2)18(23)9-8-15(12)22-25-19-10-7-14(11-20(19)26-22)16-5-3-4-6-17(16)21(24)27/h3-11H,23H2,1-2H3,(H2,24,27)(H,25,26). The lowest BCUT2D eigenvalue weighted by Gasteiger charge is -2.08. The van der Waals surface area contributed by atoms with Crippen LogP contribution in [0.25, 0.3) is 33.5 Å². The maximum Gasteiger partial charge on any atom is 0.249 e. The van der Waals surface area contributed by atoms with Crippen molar-refractivity contribution in [3.63, 3.8) is 0 Å². The van der Waals surface area contributed by atoms with E-state index < -0.39 is 5.91 Å². The first-order valence-corrected chi connectivity index (χ1v) is 8.70. The van der Waals surface area contributed by atoms with Crippen molar-refractivity contribution in [1.82, 2.24) is 9.97 Å². The summed E-state index contributed by atoms with van der Waals surface area (Å²) >= 11 is 0. The quantitative estimate of drug-likeness (QED) is 0.480. The molecule has 0 aliphatic heterocycles. The van der Waals surface area contributed by atoms with Crippen LogP contribution in [0.15, 0.2) is 54.6 Å². The van der Waals surface area contributed by atoms with Gasteiger partial charge in [-0.2, -0.15) is 0 Å². The van der Waals surface area contributed by atoms with Crippen LogP contribution >= 0.6 is 0 Å². The van der Waals surface area contributed by atoms with Gasteiger partial charge in [-0.15, -0.1) is 0 Å². The van der Waals surface area contributed by atoms with Crippen molar-refractivity contribution in [2.45, 2.75) is 13.8 Å². The maximum atomic E-state index is 11.7. The molecule has 0 radical (unpaired) electrons. The number of fused-ring (bicyclic) bond motifs is 1. The zero-order valence-electron chi connectivity index (χ0n) is 15.2. The Morgan fingerprint density at radius 1 is 0.963 bits per heavy atom. The van der Waals surface area contributed by atoms with Crippen LogP contribution in [0.5, 0.6) is 0 Å². The third kappa shape index (κ3) is 2.83. The monoisotopic (exact) mass is 356 g/mol. The smallest absolute Gasteiger partial charge is 0.249 e. The molecule has 0 bridgehead atoms. The number of nitrogen functional groups attached to an aromatic ring is 1. The molecule has 0 aliphatic carbocycles. The van der Waals surface area contributed by atoms with Gasteiger partial charge in [0, 0.05) is 16.8 Å². The number of aromatic nitrogens is 2. The van der Waals surface area contributed by atoms with E-state index in [1.165, 1.54) is 0 Å². The van der Waals surface area contributed by atoms with Gasteiger partial charge in [0.2, 0.25) is 5.91 Å². The van der Waals surface area contributed by atoms with E-state index in [4.69, 9.17) is 16.5 Å². The predicted molar refractivity (Wildman–Crippen MR) is 109 cm³/mol. The van der Waals surface area contributed by atoms with Crippen LogP contribution in [0.4, 0.5) is 5.69 Å². The summed E-state index contributed by atoms with van der Waals surface area (Å²) in [5, 5.41) is 0. The molecule has 27 heavy (non-hydrogen) atoms. The Bertz CT molecular complexity index is 1190. The van der Waals surface area contributed by atoms with Crippen LogP contribution in [-0.2, 0) is 0 Å². The normalized spacial score (nSPS) is 11.0. The summed E-state index contributed by atoms with van der Waals surface area (Å²) in [5.74, 6) is 0.356. The summed E-state index contributed by atoms with van der Waals surface area (Å²) in [4.78, 5) is 19.8. The molecule has 0 saturated heterocycles. The number of carbonyl (C=O) groups excluding carboxylic acids is 1. The highest BCUT2D eigenvalue weighted by Gasteiger charge is 2.13. The van der Waals surface area contributed by atoms with E-state index in [1.807, 2.05) is 62.4 Å². The van der Waals surface area contributed by atoms with Crippen LogP contribution in [-0.4, -0.2) is 15.9 Å². The Morgan fingerprint density at radius 2 is 1.74 bits per heavy atom. The lowest BCUT2D eigenvalue weighted by molar-refractivity contribution is 0.100. The number of hydrogen-bond acceptors (Lipinski definition) is 3. The minimum Gasteiger partial charge on any atom is -0.399 e. The van der Waals surface area contributed by atoms with Crippen LogP contribution in [0.3, 0.4) is 0 Å². The average molecular weight is 356 g/mol. The largest absolute Gasteiger partial charge is 0.399 e. The predicted octanol–water partition coefficient (Wildman–Crippen LogP) is 4.19. The molecule has 0 unspecified atom stereocenters. The number of aromatic amines is 1. The number of primary amides is 1. The van der Waals surface area contributed by atoms with Crippen molar-refractivity contribution in [3.05, 3.63) is 71.3 Å². The topological polar surface area (TPSA) is 97.8 Å². The van der Waals surface area contributed by atoms with Crippen molar-refractivity contribution in [3.8, 4) is 22.5 Å². The van der Waals surface area contributed by atoms with Gasteiger partial charge in [-0.05, 0) is 66.4 Å². The molecule has 4 rings (SSSR count). The SMILES string of the molecule is Cc1c(N)ccc(-c2nc3ccc(-c4ccccc4C(N)=O)cc3[nH]2)c1C. The van der Waals surface area contributed by atoms with Crippen molar-refractivity contribution < 1.29 is 4.79 Å². The Hall–Kier alpha value is -3.60. The molecule has 1 heterocycles. The Balaban J connectivity index is 1.84. The number of H-pyrrole nitrogens is 1. The van der Waals surface area contributed by atoms with Crippen LogP contribution < -0.4 is 11.5 Å². The molecule has 134 valence electrons. The van der Waals surface area contributed by atoms with Gasteiger partial charge < -0.3 is 16.5 Å². The number of nitrogens with two attached hydrogens (primary N) is 2. The highest BCUT2D eigenvalue weighted by molar-refractivity contribution is 6.00. The summed E-state index contributed by atoms with van der Waals surface area (Å²) < 4.78 is 0. The highest BCUT2D eigenvalue weighted by Crippen LogP contribution is 2.31. The van der Waals surface area contributed by atoms with Gasteiger partial charge in [0.1, 0.15) is 5.82 Å². The van der Waals surface area contributed by atoms with Gasteiger partial charge in [-0.1, -0.05) is 24.3 Å². The van der Waals surface area contributed by atoms with E-state index in [9.17, 15) is 4.79 Å². The molecule has 0 spiro atoms. The number of rotatable bonds is 3. The number of imidazole rings is 1. The molecule has 4 aromatic rings. The Labute approximate surface area is 157 Å². The molecule has 1 aromatic heterocycles. The van der Waals surface area contributed by atoms with Crippen molar-refractivity contribution in [1.29, 1.82) is 0 Å². The minimum atomic E-state index is -0.441. The first kappa shape index (κ1) is 16.8. The Morgan fingerprint density at radius 3 is 2.52 bits per heavy atom. The van der Waals surface area contributed by atoms with Crippen molar-refractivity contribution >= 4 is 22.6 Å². The third-order valence-corrected chi connectivity index (χ3v) is 5.07. The molecule has 0 aliphatic rings. The van der Waals surface area contributed by atoms with E-state index in [2.05, 4.69) is 4.98 Å². The number of hydrogen-bond donors (Lipinski definition) is 3. The molecule has 5 nitrogen and oxygen atoms in total. The summed E-state index contributed by atoms with van der Waals surface area (Å²) in [6, 6.07) is 17.1. The zero-order chi connectivity index (χ0) is 19.1. The molecule has 3 aromatic carbocycles. The fraction of sp³-hybridized carbons (Fsp3) is 0.0909. The molecule has 0 saturated carbocycles. The van der Waals surface area contributed by atoms with Gasteiger partial charge in [0.15, 0.2) is 0 Å². The zero-order valence-corrected chi connectivity index (χ0v) is 15.2. The second kappa shape index (κ2) is 6.29. The van der Waals surface area contributed by atoms with Crippen molar-refractivity contribution in [2.24, 2.45) is 5.73 Å². The van der Waals surface area contributed by atoms with Crippen molar-refractivity contribution in [2.75, 3.05) is 5.73 Å². The minimum absolute atomic E-state index is 0.441. The number of anilines is 1. The first-order valence-electron chi connectivity index (χ1n) is 8.70. The number of amides is 1. The second-order valence-corrected chi connectivity index (χ2v) is 6.68. The van der Waals surface area contributed by atoms with E-state index in [-0.39, 0.29) is 0 Å². The van der Waals surface area contributed by atoms with E-state index in [0.717, 1.165) is 50.4 Å². The van der Waals surface area contributed by atoms with Crippen LogP contribution in [0.1, 0.15) is 21.5 Å². The summed E-state index contributed by atoms with van der Waals surface area (Å²) in [7, 11) is 0. The van der Waals surface area contributed by atoms with E-state index >= 15 is 0 Å². The summed E-state index contributed by atoms with van der Waals surface area (Å²) in [6.45, 7) is 4.05. The number of benzene rings is 3. The molecular weight excluding hydrogens is 336 g/mol. The summed E-state index contributed by atoms with van der Waals surface area (Å²) in [5.41, 5.74) is 19.5. The third-order valence-electron chi connectivity index (χ3n) is 5.07. The van der Waals surface area contributed by atoms with E-state index in [0.29, 0.717) is 5.56 Å². The maximum absolute atomic E-state index is 11.7. The molecule has 5 N–H and O–H groups in total. The average Bonchev–Trinajstić information content (AvgIpc) is 3.09. The first-order chi connectivity index (χ1) is 13.0. The van der Waals surface area contributed by atoms with Gasteiger partial charge in [-0.25, -0.2) is 4.98 Å². The number of nitrogens with one attached hydrogen (secondary N) is 1. The van der Waals surface area contributed by atoms with Gasteiger partial charge in [0.05, 0.1) is 11.0 Å². The van der Waals surface area contributed by atoms with Gasteiger partial charge >= 0.3 is 0 Å². The van der Waals surface area contributed by atoms with Crippen LogP contribution in [0.2, 0.25) is 0 Å². The lowest BCUT2D eigenvalue weighted by atomic mass is 9.99. The van der Waals surface area contributed by atoms with Gasteiger partial charge in [0.25, 0.3) is 0 Å². The molecular formula is C22H20N4O. The number of nitrogens with zero attached hydrogens (tertiary/aromatic N) is 1. The Kier molecular flexibility index (Phi) is 3.92.